The van der Waals surface area contributed by atoms with Crippen LogP contribution in [0.4, 0.5) is 5.69 Å². The van der Waals surface area contributed by atoms with Crippen LogP contribution in [0, 0.1) is 0 Å². The van der Waals surface area contributed by atoms with Crippen LogP contribution in [-0.4, -0.2) is 32.8 Å². The molecular weight excluding hydrogens is 366 g/mol. The van der Waals surface area contributed by atoms with E-state index >= 15 is 0 Å². The number of ether oxygens (including phenoxy) is 1. The Morgan fingerprint density at radius 3 is 2.67 bits per heavy atom. The standard InChI is InChI=1S/C20H19NO5S/c22-18-9-4-10-19(18)26-20(23)15-6-3-7-16(13-15)27(24,25)21-12-11-14-5-1-2-8-17(14)21/h1-3,5-8,13,19H,4,9-12H2/t19-/m0/s1. The van der Waals surface area contributed by atoms with Crippen molar-refractivity contribution in [1.29, 1.82) is 0 Å². The lowest BCUT2D eigenvalue weighted by atomic mass is 10.2. The quantitative estimate of drug-likeness (QED) is 0.756. The van der Waals surface area contributed by atoms with Gasteiger partial charge in [-0.1, -0.05) is 24.3 Å². The van der Waals surface area contributed by atoms with Crippen LogP contribution in [0.3, 0.4) is 0 Å². The molecule has 140 valence electrons. The normalized spacial score (nSPS) is 19.2. The number of carbonyl (C=O) groups is 2. The third kappa shape index (κ3) is 3.23. The summed E-state index contributed by atoms with van der Waals surface area (Å²) in [6.07, 6.45) is 1.58. The smallest absolute Gasteiger partial charge is 0.338 e. The highest BCUT2D eigenvalue weighted by atomic mass is 32.2. The summed E-state index contributed by atoms with van der Waals surface area (Å²) in [6, 6.07) is 13.2. The van der Waals surface area contributed by atoms with Crippen molar-refractivity contribution in [2.75, 3.05) is 10.8 Å². The van der Waals surface area contributed by atoms with E-state index in [2.05, 4.69) is 0 Å². The molecule has 7 heteroatoms. The van der Waals surface area contributed by atoms with Crippen molar-refractivity contribution in [1.82, 2.24) is 0 Å². The van der Waals surface area contributed by atoms with Gasteiger partial charge in [-0.15, -0.1) is 0 Å². The molecule has 1 heterocycles. The average molecular weight is 385 g/mol. The van der Waals surface area contributed by atoms with Gasteiger partial charge in [-0.05, 0) is 49.1 Å². The second kappa shape index (κ2) is 6.81. The number of benzene rings is 2. The molecule has 0 spiro atoms. The summed E-state index contributed by atoms with van der Waals surface area (Å²) >= 11 is 0. The number of esters is 1. The molecule has 0 amide bonds. The van der Waals surface area contributed by atoms with E-state index in [-0.39, 0.29) is 16.2 Å². The van der Waals surface area contributed by atoms with E-state index in [9.17, 15) is 18.0 Å². The van der Waals surface area contributed by atoms with E-state index < -0.39 is 22.1 Å². The molecular formula is C20H19NO5S. The Morgan fingerprint density at radius 2 is 1.89 bits per heavy atom. The van der Waals surface area contributed by atoms with Crippen molar-refractivity contribution in [3.63, 3.8) is 0 Å². The average Bonchev–Trinajstić information content (AvgIpc) is 3.28. The Labute approximate surface area is 157 Å². The lowest BCUT2D eigenvalue weighted by molar-refractivity contribution is -0.124. The molecule has 27 heavy (non-hydrogen) atoms. The molecule has 0 radical (unpaired) electrons. The monoisotopic (exact) mass is 385 g/mol. The molecule has 0 saturated heterocycles. The Balaban J connectivity index is 1.60. The zero-order valence-corrected chi connectivity index (χ0v) is 15.4. The molecule has 1 fully saturated rings. The number of para-hydroxylation sites is 1. The number of hydrogen-bond acceptors (Lipinski definition) is 5. The molecule has 0 N–H and O–H groups in total. The number of carbonyl (C=O) groups excluding carboxylic acids is 2. The van der Waals surface area contributed by atoms with E-state index in [1.54, 1.807) is 12.1 Å². The summed E-state index contributed by atoms with van der Waals surface area (Å²) in [4.78, 5) is 24.1. The minimum Gasteiger partial charge on any atom is -0.451 e. The Hall–Kier alpha value is -2.67. The van der Waals surface area contributed by atoms with Gasteiger partial charge < -0.3 is 4.74 Å². The first kappa shape index (κ1) is 17.7. The molecule has 1 atom stereocenters. The highest BCUT2D eigenvalue weighted by molar-refractivity contribution is 7.92. The van der Waals surface area contributed by atoms with Crippen LogP contribution in [0.1, 0.15) is 35.2 Å². The number of rotatable bonds is 4. The topological polar surface area (TPSA) is 80.8 Å². The van der Waals surface area contributed by atoms with Gasteiger partial charge in [-0.3, -0.25) is 9.10 Å². The van der Waals surface area contributed by atoms with E-state index in [4.69, 9.17) is 4.74 Å². The number of sulfonamides is 1. The molecule has 0 aromatic heterocycles. The first-order valence-electron chi connectivity index (χ1n) is 8.91. The molecule has 0 bridgehead atoms. The van der Waals surface area contributed by atoms with Crippen molar-refractivity contribution in [2.24, 2.45) is 0 Å². The van der Waals surface area contributed by atoms with Crippen molar-refractivity contribution >= 4 is 27.5 Å². The van der Waals surface area contributed by atoms with Gasteiger partial charge in [-0.25, -0.2) is 13.2 Å². The molecule has 1 aliphatic heterocycles. The first-order chi connectivity index (χ1) is 13.0. The molecule has 2 aromatic rings. The predicted molar refractivity (Wildman–Crippen MR) is 99.2 cm³/mol. The van der Waals surface area contributed by atoms with Crippen LogP contribution in [0.2, 0.25) is 0 Å². The maximum absolute atomic E-state index is 13.1. The van der Waals surface area contributed by atoms with Crippen molar-refractivity contribution < 1.29 is 22.7 Å². The van der Waals surface area contributed by atoms with Crippen LogP contribution >= 0.6 is 0 Å². The fraction of sp³-hybridized carbons (Fsp3) is 0.300. The maximum atomic E-state index is 13.1. The summed E-state index contributed by atoms with van der Waals surface area (Å²) in [5.41, 5.74) is 1.78. The highest BCUT2D eigenvalue weighted by Crippen LogP contribution is 2.32. The first-order valence-corrected chi connectivity index (χ1v) is 10.4. The van der Waals surface area contributed by atoms with E-state index in [0.717, 1.165) is 5.56 Å². The lowest BCUT2D eigenvalue weighted by Gasteiger charge is -2.20. The number of Topliss-reactive ketones (excluding diaryl/α,β-unsaturated/α-hetero) is 1. The van der Waals surface area contributed by atoms with Gasteiger partial charge in [0.15, 0.2) is 11.9 Å². The Kier molecular flexibility index (Phi) is 4.47. The van der Waals surface area contributed by atoms with Crippen molar-refractivity contribution in [2.45, 2.75) is 36.7 Å². The summed E-state index contributed by atoms with van der Waals surface area (Å²) < 4.78 is 32.8. The van der Waals surface area contributed by atoms with E-state index in [1.165, 1.54) is 28.6 Å². The summed E-state index contributed by atoms with van der Waals surface area (Å²) in [6.45, 7) is 0.368. The van der Waals surface area contributed by atoms with Crippen molar-refractivity contribution in [3.8, 4) is 0 Å². The van der Waals surface area contributed by atoms with Crippen LogP contribution in [0.25, 0.3) is 0 Å². The van der Waals surface area contributed by atoms with E-state index in [0.29, 0.717) is 37.9 Å². The van der Waals surface area contributed by atoms with Gasteiger partial charge >= 0.3 is 5.97 Å². The molecule has 2 aliphatic rings. The number of nitrogens with zero attached hydrogens (tertiary/aromatic N) is 1. The fourth-order valence-corrected chi connectivity index (χ4v) is 5.12. The zero-order chi connectivity index (χ0) is 19.0. The minimum absolute atomic E-state index is 0.0337. The van der Waals surface area contributed by atoms with Crippen LogP contribution < -0.4 is 4.31 Å². The molecule has 6 nitrogen and oxygen atoms in total. The van der Waals surface area contributed by atoms with Gasteiger partial charge in [0.1, 0.15) is 0 Å². The SMILES string of the molecule is O=C(O[C@H]1CCCC1=O)c1cccc(S(=O)(=O)N2CCc3ccccc32)c1. The Bertz CT molecular complexity index is 1010. The molecule has 2 aromatic carbocycles. The molecule has 4 rings (SSSR count). The van der Waals surface area contributed by atoms with Crippen LogP contribution in [-0.2, 0) is 26.0 Å². The third-order valence-corrected chi connectivity index (χ3v) is 6.81. The second-order valence-corrected chi connectivity index (χ2v) is 8.60. The largest absolute Gasteiger partial charge is 0.451 e. The summed E-state index contributed by atoms with van der Waals surface area (Å²) in [5, 5.41) is 0. The number of fused-ring (bicyclic) bond motifs is 1. The number of hydrogen-bond donors (Lipinski definition) is 0. The minimum atomic E-state index is -3.79. The van der Waals surface area contributed by atoms with Crippen molar-refractivity contribution in [3.05, 3.63) is 59.7 Å². The summed E-state index contributed by atoms with van der Waals surface area (Å²) in [7, 11) is -3.79. The second-order valence-electron chi connectivity index (χ2n) is 6.74. The van der Waals surface area contributed by atoms with E-state index in [1.807, 2.05) is 12.1 Å². The Morgan fingerprint density at radius 1 is 1.07 bits per heavy atom. The lowest BCUT2D eigenvalue weighted by Crippen LogP contribution is -2.29. The van der Waals surface area contributed by atoms with Gasteiger partial charge in [-0.2, -0.15) is 0 Å². The molecule has 1 aliphatic carbocycles. The molecule has 1 saturated carbocycles. The number of anilines is 1. The molecule has 0 unspecified atom stereocenters. The van der Waals surface area contributed by atoms with Gasteiger partial charge in [0.2, 0.25) is 0 Å². The van der Waals surface area contributed by atoms with Crippen LogP contribution in [0.5, 0.6) is 0 Å². The predicted octanol–water partition coefficient (Wildman–Crippen LogP) is 2.72. The zero-order valence-electron chi connectivity index (χ0n) is 14.6. The summed E-state index contributed by atoms with van der Waals surface area (Å²) in [5.74, 6) is -0.755. The van der Waals surface area contributed by atoms with Crippen LogP contribution in [0.15, 0.2) is 53.4 Å². The van der Waals surface area contributed by atoms with Gasteiger partial charge in [0, 0.05) is 13.0 Å². The van der Waals surface area contributed by atoms with Gasteiger partial charge in [0.25, 0.3) is 10.0 Å². The third-order valence-electron chi connectivity index (χ3n) is 5.00. The maximum Gasteiger partial charge on any atom is 0.338 e. The highest BCUT2D eigenvalue weighted by Gasteiger charge is 2.32. The van der Waals surface area contributed by atoms with Gasteiger partial charge in [0.05, 0.1) is 16.1 Å². The number of ketones is 1. The fourth-order valence-electron chi connectivity index (χ4n) is 3.57.